The van der Waals surface area contributed by atoms with Crippen LogP contribution in [0, 0.1) is 5.92 Å². The van der Waals surface area contributed by atoms with Crippen LogP contribution in [0.25, 0.3) is 0 Å². The number of hydrogen-bond acceptors (Lipinski definition) is 1. The molecule has 2 aliphatic rings. The minimum atomic E-state index is 0.708. The maximum absolute atomic E-state index is 3.72. The fraction of sp³-hybridized carbons (Fsp3) is 0.600. The van der Waals surface area contributed by atoms with Gasteiger partial charge in [0.05, 0.1) is 0 Å². The Morgan fingerprint density at radius 3 is 2.81 bits per heavy atom. The van der Waals surface area contributed by atoms with Crippen molar-refractivity contribution in [2.75, 3.05) is 5.32 Å². The molecule has 1 N–H and O–H groups in total. The van der Waals surface area contributed by atoms with Crippen molar-refractivity contribution in [1.82, 2.24) is 0 Å². The summed E-state index contributed by atoms with van der Waals surface area (Å²) < 4.78 is 0. The van der Waals surface area contributed by atoms with Crippen molar-refractivity contribution in [3.8, 4) is 0 Å². The highest BCUT2D eigenvalue weighted by molar-refractivity contribution is 5.50. The maximum Gasteiger partial charge on any atom is 0.0345 e. The van der Waals surface area contributed by atoms with Crippen LogP contribution in [0.1, 0.15) is 43.7 Å². The highest BCUT2D eigenvalue weighted by atomic mass is 14.9. The number of anilines is 1. The molecule has 1 heteroatoms. The fourth-order valence-electron chi connectivity index (χ4n) is 2.93. The molecule has 1 nitrogen and oxygen atoms in total. The number of fused-ring (bicyclic) bond motifs is 1. The van der Waals surface area contributed by atoms with Gasteiger partial charge in [-0.3, -0.25) is 0 Å². The van der Waals surface area contributed by atoms with Gasteiger partial charge in [0.2, 0.25) is 0 Å². The van der Waals surface area contributed by atoms with Crippen LogP contribution in [0.5, 0.6) is 0 Å². The van der Waals surface area contributed by atoms with Gasteiger partial charge in [-0.1, -0.05) is 13.0 Å². The highest BCUT2D eigenvalue weighted by Gasteiger charge is 2.29. The first-order chi connectivity index (χ1) is 7.86. The van der Waals surface area contributed by atoms with Gasteiger partial charge in [0, 0.05) is 11.7 Å². The smallest absolute Gasteiger partial charge is 0.0345 e. The zero-order valence-electron chi connectivity index (χ0n) is 10.1. The van der Waals surface area contributed by atoms with E-state index in [-0.39, 0.29) is 0 Å². The first-order valence-corrected chi connectivity index (χ1v) is 6.75. The van der Waals surface area contributed by atoms with Crippen molar-refractivity contribution >= 4 is 5.69 Å². The zero-order valence-corrected chi connectivity index (χ0v) is 10.1. The molecule has 3 rings (SSSR count). The van der Waals surface area contributed by atoms with Crippen LogP contribution < -0.4 is 5.32 Å². The number of benzene rings is 1. The first kappa shape index (κ1) is 10.2. The summed E-state index contributed by atoms with van der Waals surface area (Å²) in [7, 11) is 0. The molecule has 1 fully saturated rings. The predicted octanol–water partition coefficient (Wildman–Crippen LogP) is 3.78. The Balaban J connectivity index is 1.74. The molecular formula is C15H21N. The van der Waals surface area contributed by atoms with Crippen LogP contribution in [0.4, 0.5) is 5.69 Å². The maximum atomic E-state index is 3.72. The topological polar surface area (TPSA) is 12.0 Å². The van der Waals surface area contributed by atoms with Crippen LogP contribution in [0.15, 0.2) is 18.2 Å². The van der Waals surface area contributed by atoms with Gasteiger partial charge in [0.15, 0.2) is 0 Å². The van der Waals surface area contributed by atoms with E-state index in [1.54, 1.807) is 11.1 Å². The summed E-state index contributed by atoms with van der Waals surface area (Å²) in [4.78, 5) is 0. The molecular weight excluding hydrogens is 194 g/mol. The second-order valence-corrected chi connectivity index (χ2v) is 5.33. The Labute approximate surface area is 98.3 Å². The van der Waals surface area contributed by atoms with Gasteiger partial charge in [-0.05, 0) is 67.7 Å². The average molecular weight is 215 g/mol. The highest BCUT2D eigenvalue weighted by Crippen LogP contribution is 2.36. The van der Waals surface area contributed by atoms with E-state index in [1.165, 1.54) is 44.2 Å². The van der Waals surface area contributed by atoms with Crippen molar-refractivity contribution < 1.29 is 0 Å². The molecule has 0 radical (unpaired) electrons. The van der Waals surface area contributed by atoms with Gasteiger partial charge in [-0.25, -0.2) is 0 Å². The van der Waals surface area contributed by atoms with E-state index in [1.807, 2.05) is 0 Å². The molecule has 1 atom stereocenters. The van der Waals surface area contributed by atoms with E-state index in [0.29, 0.717) is 6.04 Å². The Morgan fingerprint density at radius 1 is 1.25 bits per heavy atom. The summed E-state index contributed by atoms with van der Waals surface area (Å²) >= 11 is 0. The largest absolute Gasteiger partial charge is 0.382 e. The van der Waals surface area contributed by atoms with E-state index in [4.69, 9.17) is 0 Å². The Hall–Kier alpha value is -0.980. The van der Waals surface area contributed by atoms with Crippen molar-refractivity contribution in [1.29, 1.82) is 0 Å². The first-order valence-electron chi connectivity index (χ1n) is 6.75. The van der Waals surface area contributed by atoms with Crippen molar-refractivity contribution in [2.45, 2.75) is 51.5 Å². The molecule has 2 aliphatic carbocycles. The molecule has 0 heterocycles. The normalized spacial score (nSPS) is 20.6. The molecule has 1 aromatic rings. The van der Waals surface area contributed by atoms with Crippen molar-refractivity contribution in [3.05, 3.63) is 29.3 Å². The predicted molar refractivity (Wildman–Crippen MR) is 68.9 cm³/mol. The third-order valence-electron chi connectivity index (χ3n) is 4.08. The van der Waals surface area contributed by atoms with E-state index < -0.39 is 0 Å². The van der Waals surface area contributed by atoms with Crippen LogP contribution in [-0.2, 0) is 12.8 Å². The standard InChI is InChI=1S/C15H21N/c1-2-15(12-6-7-12)16-14-9-8-11-4-3-5-13(11)10-14/h8-10,12,15-16H,2-7H2,1H3. The molecule has 0 saturated heterocycles. The minimum Gasteiger partial charge on any atom is -0.382 e. The van der Waals surface area contributed by atoms with Gasteiger partial charge in [-0.15, -0.1) is 0 Å². The third-order valence-corrected chi connectivity index (χ3v) is 4.08. The van der Waals surface area contributed by atoms with E-state index >= 15 is 0 Å². The molecule has 1 saturated carbocycles. The number of hydrogen-bond donors (Lipinski definition) is 1. The quantitative estimate of drug-likeness (QED) is 0.806. The Morgan fingerprint density at radius 2 is 2.06 bits per heavy atom. The number of aryl methyl sites for hydroxylation is 2. The lowest BCUT2D eigenvalue weighted by Gasteiger charge is -2.18. The molecule has 1 unspecified atom stereocenters. The summed E-state index contributed by atoms with van der Waals surface area (Å²) in [6.45, 7) is 2.29. The summed E-state index contributed by atoms with van der Waals surface area (Å²) in [5.74, 6) is 0.943. The lowest BCUT2D eigenvalue weighted by Crippen LogP contribution is -2.20. The van der Waals surface area contributed by atoms with Gasteiger partial charge in [-0.2, -0.15) is 0 Å². The summed E-state index contributed by atoms with van der Waals surface area (Å²) in [5.41, 5.74) is 4.50. The average Bonchev–Trinajstić information content (AvgIpc) is 3.04. The van der Waals surface area contributed by atoms with Crippen LogP contribution in [0.3, 0.4) is 0 Å². The fourth-order valence-corrected chi connectivity index (χ4v) is 2.93. The zero-order chi connectivity index (χ0) is 11.0. The van der Waals surface area contributed by atoms with Crippen LogP contribution in [-0.4, -0.2) is 6.04 Å². The minimum absolute atomic E-state index is 0.708. The number of nitrogens with one attached hydrogen (secondary N) is 1. The summed E-state index contributed by atoms with van der Waals surface area (Å²) in [5, 5.41) is 3.72. The van der Waals surface area contributed by atoms with Crippen LogP contribution in [0.2, 0.25) is 0 Å². The molecule has 0 bridgehead atoms. The molecule has 0 amide bonds. The summed E-state index contributed by atoms with van der Waals surface area (Å²) in [6.07, 6.45) is 8.02. The lowest BCUT2D eigenvalue weighted by atomic mass is 10.1. The third kappa shape index (κ3) is 1.95. The molecule has 1 aromatic carbocycles. The molecule has 0 spiro atoms. The van der Waals surface area contributed by atoms with E-state index in [0.717, 1.165) is 5.92 Å². The van der Waals surface area contributed by atoms with Gasteiger partial charge in [0.1, 0.15) is 0 Å². The van der Waals surface area contributed by atoms with E-state index in [9.17, 15) is 0 Å². The van der Waals surface area contributed by atoms with E-state index in [2.05, 4.69) is 30.4 Å². The lowest BCUT2D eigenvalue weighted by molar-refractivity contribution is 0.616. The molecule has 16 heavy (non-hydrogen) atoms. The van der Waals surface area contributed by atoms with Crippen LogP contribution >= 0.6 is 0 Å². The van der Waals surface area contributed by atoms with Crippen molar-refractivity contribution in [2.24, 2.45) is 5.92 Å². The Bertz CT molecular complexity index is 379. The Kier molecular flexibility index (Phi) is 2.62. The monoisotopic (exact) mass is 215 g/mol. The molecule has 0 aliphatic heterocycles. The van der Waals surface area contributed by atoms with Gasteiger partial charge >= 0.3 is 0 Å². The summed E-state index contributed by atoms with van der Waals surface area (Å²) in [6, 6.07) is 7.69. The van der Waals surface area contributed by atoms with Gasteiger partial charge < -0.3 is 5.32 Å². The molecule has 0 aromatic heterocycles. The molecule has 86 valence electrons. The van der Waals surface area contributed by atoms with Crippen molar-refractivity contribution in [3.63, 3.8) is 0 Å². The SMILES string of the molecule is CCC(Nc1ccc2c(c1)CCC2)C1CC1. The second kappa shape index (κ2) is 4.12. The second-order valence-electron chi connectivity index (χ2n) is 5.33. The van der Waals surface area contributed by atoms with Gasteiger partial charge in [0.25, 0.3) is 0 Å². The number of rotatable bonds is 4.